The van der Waals surface area contributed by atoms with Crippen LogP contribution in [-0.4, -0.2) is 34.6 Å². The van der Waals surface area contributed by atoms with Crippen molar-refractivity contribution < 1.29 is 15.3 Å². The Labute approximate surface area is 109 Å². The molecule has 0 aromatic rings. The first kappa shape index (κ1) is 12.6. The van der Waals surface area contributed by atoms with Crippen LogP contribution in [-0.2, 0) is 0 Å². The highest BCUT2D eigenvalue weighted by Crippen LogP contribution is 2.69. The second-order valence-electron chi connectivity index (χ2n) is 7.40. The molecule has 0 saturated heterocycles. The lowest BCUT2D eigenvalue weighted by atomic mass is 9.56. The minimum atomic E-state index is -0.574. The van der Waals surface area contributed by atoms with Crippen LogP contribution >= 0.6 is 0 Å². The second kappa shape index (κ2) is 3.59. The van der Waals surface area contributed by atoms with E-state index in [2.05, 4.69) is 19.9 Å². The van der Waals surface area contributed by atoms with Crippen LogP contribution in [0.15, 0.2) is 12.2 Å². The fourth-order valence-corrected chi connectivity index (χ4v) is 5.23. The minimum absolute atomic E-state index is 0.0273. The van der Waals surface area contributed by atoms with Gasteiger partial charge in [0.2, 0.25) is 0 Å². The molecule has 4 aliphatic rings. The van der Waals surface area contributed by atoms with Crippen LogP contribution in [0.2, 0.25) is 0 Å². The molecule has 0 aliphatic heterocycles. The maximum atomic E-state index is 10.5. The van der Waals surface area contributed by atoms with E-state index in [9.17, 15) is 15.3 Å². The third kappa shape index (κ3) is 1.30. The van der Waals surface area contributed by atoms with Crippen LogP contribution in [0.1, 0.15) is 33.1 Å². The molecule has 6 atom stereocenters. The van der Waals surface area contributed by atoms with E-state index in [0.29, 0.717) is 5.92 Å². The summed E-state index contributed by atoms with van der Waals surface area (Å²) in [7, 11) is 0. The number of aliphatic hydroxyl groups is 3. The number of fused-ring (bicyclic) bond motifs is 1. The molecule has 4 rings (SSSR count). The quantitative estimate of drug-likeness (QED) is 0.650. The first-order valence-corrected chi connectivity index (χ1v) is 6.99. The van der Waals surface area contributed by atoms with E-state index in [4.69, 9.17) is 0 Å². The summed E-state index contributed by atoms with van der Waals surface area (Å²) in [5, 5.41) is 30.3. The van der Waals surface area contributed by atoms with Gasteiger partial charge >= 0.3 is 0 Å². The van der Waals surface area contributed by atoms with Gasteiger partial charge in [-0.15, -0.1) is 0 Å². The van der Waals surface area contributed by atoms with E-state index in [1.54, 1.807) is 0 Å². The van der Waals surface area contributed by atoms with Crippen molar-refractivity contribution in [3.63, 3.8) is 0 Å². The topological polar surface area (TPSA) is 60.7 Å². The van der Waals surface area contributed by atoms with E-state index < -0.39 is 11.5 Å². The van der Waals surface area contributed by atoms with Gasteiger partial charge in [0.1, 0.15) is 0 Å². The number of aliphatic hydroxyl groups excluding tert-OH is 3. The van der Waals surface area contributed by atoms with E-state index in [-0.39, 0.29) is 30.0 Å². The van der Waals surface area contributed by atoms with Crippen molar-refractivity contribution in [1.82, 2.24) is 0 Å². The average molecular weight is 252 g/mol. The Bertz CT molecular complexity index is 393. The molecule has 6 unspecified atom stereocenters. The largest absolute Gasteiger partial charge is 0.396 e. The molecular weight excluding hydrogens is 228 g/mol. The Morgan fingerprint density at radius 2 is 1.83 bits per heavy atom. The molecule has 102 valence electrons. The summed E-state index contributed by atoms with van der Waals surface area (Å²) in [6.45, 7) is 4.54. The Kier molecular flexibility index (Phi) is 2.52. The third-order valence-electron chi connectivity index (χ3n) is 6.21. The molecule has 0 spiro atoms. The minimum Gasteiger partial charge on any atom is -0.396 e. The van der Waals surface area contributed by atoms with Gasteiger partial charge in [-0.2, -0.15) is 0 Å². The molecule has 3 N–H and O–H groups in total. The van der Waals surface area contributed by atoms with Gasteiger partial charge in [0, 0.05) is 12.0 Å². The molecule has 18 heavy (non-hydrogen) atoms. The fourth-order valence-electron chi connectivity index (χ4n) is 5.23. The molecule has 3 nitrogen and oxygen atoms in total. The average Bonchev–Trinajstić information content (AvgIpc) is 2.46. The molecule has 3 heteroatoms. The zero-order valence-electron chi connectivity index (χ0n) is 11.3. The third-order valence-corrected chi connectivity index (χ3v) is 6.21. The molecule has 0 aromatic carbocycles. The van der Waals surface area contributed by atoms with E-state index in [1.807, 2.05) is 6.08 Å². The summed E-state index contributed by atoms with van der Waals surface area (Å²) in [5.74, 6) is 0.516. The zero-order valence-corrected chi connectivity index (χ0v) is 11.3. The van der Waals surface area contributed by atoms with Crippen molar-refractivity contribution in [2.45, 2.75) is 39.2 Å². The Morgan fingerprint density at radius 1 is 1.11 bits per heavy atom. The van der Waals surface area contributed by atoms with Gasteiger partial charge in [0.25, 0.3) is 0 Å². The highest BCUT2D eigenvalue weighted by molar-refractivity contribution is 5.24. The van der Waals surface area contributed by atoms with Crippen molar-refractivity contribution in [3.8, 4) is 0 Å². The summed E-state index contributed by atoms with van der Waals surface area (Å²) < 4.78 is 0. The monoisotopic (exact) mass is 252 g/mol. The lowest BCUT2D eigenvalue weighted by molar-refractivity contribution is -0.101. The zero-order chi connectivity index (χ0) is 13.2. The SMILES string of the molecule is CC12C=CC(O)C3(CO)C(C1)CC(C)(CO)C3C2. The predicted octanol–water partition coefficient (Wildman–Crippen LogP) is 1.33. The summed E-state index contributed by atoms with van der Waals surface area (Å²) in [6.07, 6.45) is 6.37. The van der Waals surface area contributed by atoms with Crippen molar-refractivity contribution in [1.29, 1.82) is 0 Å². The van der Waals surface area contributed by atoms with Gasteiger partial charge < -0.3 is 15.3 Å². The molecule has 0 radical (unpaired) electrons. The normalized spacial score (nSPS) is 57.9. The van der Waals surface area contributed by atoms with Crippen molar-refractivity contribution in [2.24, 2.45) is 28.1 Å². The summed E-state index contributed by atoms with van der Waals surface area (Å²) in [4.78, 5) is 0. The van der Waals surface area contributed by atoms with Crippen molar-refractivity contribution in [3.05, 3.63) is 12.2 Å². The van der Waals surface area contributed by atoms with Crippen molar-refractivity contribution >= 4 is 0 Å². The van der Waals surface area contributed by atoms with Gasteiger partial charge in [0.05, 0.1) is 12.7 Å². The van der Waals surface area contributed by atoms with Gasteiger partial charge in [-0.1, -0.05) is 26.0 Å². The Hall–Kier alpha value is -0.380. The molecule has 0 aromatic heterocycles. The molecule has 0 heterocycles. The maximum Gasteiger partial charge on any atom is 0.0804 e. The Balaban J connectivity index is 2.14. The van der Waals surface area contributed by atoms with Crippen LogP contribution in [0.3, 0.4) is 0 Å². The first-order valence-electron chi connectivity index (χ1n) is 6.99. The highest BCUT2D eigenvalue weighted by Gasteiger charge is 2.67. The predicted molar refractivity (Wildman–Crippen MR) is 68.8 cm³/mol. The molecule has 2 saturated carbocycles. The highest BCUT2D eigenvalue weighted by atomic mass is 16.3. The van der Waals surface area contributed by atoms with Gasteiger partial charge in [-0.25, -0.2) is 0 Å². The lowest BCUT2D eigenvalue weighted by Gasteiger charge is -2.50. The smallest absolute Gasteiger partial charge is 0.0804 e. The molecule has 0 amide bonds. The van der Waals surface area contributed by atoms with Crippen LogP contribution < -0.4 is 0 Å². The van der Waals surface area contributed by atoms with Gasteiger partial charge in [-0.05, 0) is 41.9 Å². The second-order valence-corrected chi connectivity index (χ2v) is 7.40. The fraction of sp³-hybridized carbons (Fsp3) is 0.867. The van der Waals surface area contributed by atoms with E-state index in [1.165, 1.54) is 0 Å². The van der Waals surface area contributed by atoms with Gasteiger partial charge in [0.15, 0.2) is 0 Å². The maximum absolute atomic E-state index is 10.5. The summed E-state index contributed by atoms with van der Waals surface area (Å²) in [5.41, 5.74) is -0.458. The number of allylic oxidation sites excluding steroid dienone is 1. The number of rotatable bonds is 2. The van der Waals surface area contributed by atoms with Crippen LogP contribution in [0.4, 0.5) is 0 Å². The van der Waals surface area contributed by atoms with Gasteiger partial charge in [-0.3, -0.25) is 0 Å². The molecule has 4 aliphatic carbocycles. The van der Waals surface area contributed by atoms with Crippen LogP contribution in [0, 0.1) is 28.1 Å². The van der Waals surface area contributed by atoms with Crippen LogP contribution in [0.25, 0.3) is 0 Å². The Morgan fingerprint density at radius 3 is 2.44 bits per heavy atom. The summed E-state index contributed by atoms with van der Waals surface area (Å²) >= 11 is 0. The van der Waals surface area contributed by atoms with E-state index >= 15 is 0 Å². The number of hydrogen-bond acceptors (Lipinski definition) is 3. The van der Waals surface area contributed by atoms with E-state index in [0.717, 1.165) is 19.3 Å². The van der Waals surface area contributed by atoms with Crippen molar-refractivity contribution in [2.75, 3.05) is 13.2 Å². The lowest BCUT2D eigenvalue weighted by Crippen LogP contribution is -2.51. The molecular formula is C15H24O3. The first-order chi connectivity index (χ1) is 8.40. The number of hydrogen-bond donors (Lipinski definition) is 3. The standard InChI is InChI=1S/C15H24O3/c1-13-4-3-12(18)15(9-17)10(5-13)6-14(2,8-16)11(15)7-13/h3-4,10-12,16-18H,5-9H2,1-2H3. The van der Waals surface area contributed by atoms with Crippen LogP contribution in [0.5, 0.6) is 0 Å². The summed E-state index contributed by atoms with van der Waals surface area (Å²) in [6, 6.07) is 0. The molecule has 2 fully saturated rings. The molecule has 4 bridgehead atoms.